The summed E-state index contributed by atoms with van der Waals surface area (Å²) in [6, 6.07) is 0. The summed E-state index contributed by atoms with van der Waals surface area (Å²) in [5, 5.41) is 0. The molecule has 0 fully saturated rings. The predicted molar refractivity (Wildman–Crippen MR) is 7.59 cm³/mol. The molecule has 0 aromatic rings. The van der Waals surface area contributed by atoms with Gasteiger partial charge < -0.3 is 0 Å². The third-order valence-electron chi connectivity index (χ3n) is 0. The average Bonchev–Trinajstić information content (AvgIpc) is 1.00. The van der Waals surface area contributed by atoms with Crippen LogP contribution in [0.1, 0.15) is 0 Å². The van der Waals surface area contributed by atoms with Gasteiger partial charge in [-0.25, -0.2) is 0 Å². The monoisotopic (exact) mass is 440 g/mol. The first-order chi connectivity index (χ1) is 1.00. The molecule has 0 aliphatic carbocycles. The zero-order valence-electron chi connectivity index (χ0n) is 3.99. The van der Waals surface area contributed by atoms with Gasteiger partial charge in [-0.05, 0) is 0 Å². The van der Waals surface area contributed by atoms with Crippen LogP contribution in [0.4, 0.5) is 0 Å². The molecular weight excluding hydrogens is 440 g/mol. The number of hydrogen-bond donors (Lipinski definition) is 0. The van der Waals surface area contributed by atoms with Gasteiger partial charge in [-0.1, -0.05) is 0 Å². The van der Waals surface area contributed by atoms with Gasteiger partial charge in [0.25, 0.3) is 0 Å². The van der Waals surface area contributed by atoms with Crippen molar-refractivity contribution < 1.29 is 146 Å². The molecule has 0 heterocycles. The molecule has 0 saturated carbocycles. The van der Waals surface area contributed by atoms with Crippen molar-refractivity contribution in [2.45, 2.75) is 0 Å². The molecule has 0 aromatic carbocycles. The van der Waals surface area contributed by atoms with Gasteiger partial charge in [0.05, 0.1) is 0 Å². The molecular formula is SV8. The van der Waals surface area contributed by atoms with E-state index in [2.05, 4.69) is 10.3 Å². The first kappa shape index (κ1) is 66.5. The molecule has 0 bridgehead atoms. The maximum atomic E-state index is 4.02. The van der Waals surface area contributed by atoms with Crippen molar-refractivity contribution in [2.75, 3.05) is 0 Å². The van der Waals surface area contributed by atoms with Crippen LogP contribution in [-0.4, -0.2) is 0 Å². The Morgan fingerprint density at radius 1 is 0.444 bits per heavy atom. The summed E-state index contributed by atoms with van der Waals surface area (Å²) in [6.07, 6.45) is 0. The maximum Gasteiger partial charge on any atom is 0 e. The minimum atomic E-state index is 0. The third-order valence-corrected chi connectivity index (χ3v) is 0. The first-order valence-electron chi connectivity index (χ1n) is 0.183. The van der Waals surface area contributed by atoms with E-state index in [0.29, 0.717) is 0 Å². The minimum absolute atomic E-state index is 0. The largest absolute Gasteiger partial charge is 0 e. The molecule has 9 heavy (non-hydrogen) atoms. The summed E-state index contributed by atoms with van der Waals surface area (Å²) < 4.78 is 0. The third kappa shape index (κ3) is 63.9. The Morgan fingerprint density at radius 3 is 0.444 bits per heavy atom. The van der Waals surface area contributed by atoms with E-state index in [-0.39, 0.29) is 130 Å². The van der Waals surface area contributed by atoms with Crippen molar-refractivity contribution in [3.8, 4) is 0 Å². The van der Waals surface area contributed by atoms with Gasteiger partial charge in [0.15, 0.2) is 0 Å². The van der Waals surface area contributed by atoms with Crippen molar-refractivity contribution >= 4 is 10.3 Å². The molecule has 0 atom stereocenters. The fraction of sp³-hybridized carbons (Fsp3) is 0. The summed E-state index contributed by atoms with van der Waals surface area (Å²) in [7, 11) is 4.02. The Kier molecular flexibility index (Phi) is 562. The number of hydrogen-bond acceptors (Lipinski definition) is 1. The van der Waals surface area contributed by atoms with Gasteiger partial charge in [0.1, 0.15) is 0 Å². The molecule has 0 saturated heterocycles. The molecule has 0 spiro atoms. The van der Waals surface area contributed by atoms with E-state index in [1.54, 1.807) is 0 Å². The van der Waals surface area contributed by atoms with Gasteiger partial charge >= 0.3 is 26.0 Å². The van der Waals surface area contributed by atoms with Crippen molar-refractivity contribution in [3.63, 3.8) is 0 Å². The second-order valence-electron chi connectivity index (χ2n) is 0. The summed E-state index contributed by atoms with van der Waals surface area (Å²) in [6.45, 7) is 0. The van der Waals surface area contributed by atoms with Crippen LogP contribution in [-0.2, 0) is 146 Å². The molecule has 0 aromatic heterocycles. The zero-order valence-corrected chi connectivity index (χ0v) is 16.0. The van der Waals surface area contributed by atoms with Crippen LogP contribution < -0.4 is 0 Å². The first-order valence-corrected chi connectivity index (χ1v) is 2.26. The summed E-state index contributed by atoms with van der Waals surface area (Å²) in [5.74, 6) is 0. The van der Waals surface area contributed by atoms with E-state index in [1.165, 1.54) is 0 Å². The van der Waals surface area contributed by atoms with Gasteiger partial charge in [-0.15, -0.1) is 0 Å². The van der Waals surface area contributed by atoms with Crippen molar-refractivity contribution in [3.05, 3.63) is 0 Å². The van der Waals surface area contributed by atoms with E-state index in [4.69, 9.17) is 0 Å². The van der Waals surface area contributed by atoms with Crippen molar-refractivity contribution in [2.24, 2.45) is 0 Å². The molecule has 0 nitrogen and oxygen atoms in total. The minimum Gasteiger partial charge on any atom is 0 e. The van der Waals surface area contributed by atoms with Crippen LogP contribution in [0.25, 0.3) is 0 Å². The molecule has 0 aliphatic rings. The Labute approximate surface area is 153 Å². The van der Waals surface area contributed by atoms with Crippen LogP contribution in [0.15, 0.2) is 0 Å². The van der Waals surface area contributed by atoms with Gasteiger partial charge in [0, 0.05) is 130 Å². The molecule has 0 aliphatic heterocycles. The van der Waals surface area contributed by atoms with Gasteiger partial charge in [-0.3, -0.25) is 0 Å². The average molecular weight is 440 g/mol. The number of rotatable bonds is 0. The van der Waals surface area contributed by atoms with Crippen molar-refractivity contribution in [1.29, 1.82) is 0 Å². The fourth-order valence-electron chi connectivity index (χ4n) is 0. The van der Waals surface area contributed by atoms with Crippen LogP contribution in [0.5, 0.6) is 0 Å². The fourth-order valence-corrected chi connectivity index (χ4v) is 0. The maximum absolute atomic E-state index is 4.02. The standard InChI is InChI=1S/S.8V. The van der Waals surface area contributed by atoms with E-state index in [1.807, 2.05) is 15.7 Å². The van der Waals surface area contributed by atoms with Crippen LogP contribution in [0.3, 0.4) is 0 Å². The normalized spacial score (nSPS) is 0.333. The predicted octanol–water partition coefficient (Wildman–Crippen LogP) is 0.628. The van der Waals surface area contributed by atoms with Gasteiger partial charge in [0.2, 0.25) is 0 Å². The molecule has 0 N–H and O–H groups in total. The summed E-state index contributed by atoms with van der Waals surface area (Å²) in [5.41, 5.74) is 0. The Hall–Kier alpha value is 4.90. The Bertz CT molecular complexity index is 4.53. The van der Waals surface area contributed by atoms with E-state index in [0.717, 1.165) is 0 Å². The smallest absolute Gasteiger partial charge is 0 e. The van der Waals surface area contributed by atoms with E-state index in [9.17, 15) is 0 Å². The molecule has 0 rings (SSSR count). The van der Waals surface area contributed by atoms with Crippen LogP contribution in [0.2, 0.25) is 0 Å². The molecule has 46 valence electrons. The topological polar surface area (TPSA) is 0 Å². The second kappa shape index (κ2) is 76.1. The molecule has 7 radical (unpaired) electrons. The molecule has 9 heteroatoms. The van der Waals surface area contributed by atoms with Crippen molar-refractivity contribution in [1.82, 2.24) is 0 Å². The summed E-state index contributed by atoms with van der Waals surface area (Å²) in [4.78, 5) is 0. The molecule has 0 unspecified atom stereocenters. The van der Waals surface area contributed by atoms with Crippen LogP contribution >= 0.6 is 10.3 Å². The van der Waals surface area contributed by atoms with Gasteiger partial charge in [-0.2, -0.15) is 0 Å². The van der Waals surface area contributed by atoms with E-state index < -0.39 is 0 Å². The Balaban J connectivity index is -0.000000000238. The molecule has 0 amide bonds. The van der Waals surface area contributed by atoms with Crippen LogP contribution in [0, 0.1) is 0 Å². The zero-order chi connectivity index (χ0) is 2.00. The SMILES string of the molecule is [S]=[V].[V].[V].[V].[V].[V].[V].[V]. The quantitative estimate of drug-likeness (QED) is 0.534. The summed E-state index contributed by atoms with van der Waals surface area (Å²) >= 11 is 1.90. The second-order valence-corrected chi connectivity index (χ2v) is 0. The Morgan fingerprint density at radius 2 is 0.444 bits per heavy atom. The van der Waals surface area contributed by atoms with E-state index >= 15 is 0 Å².